The van der Waals surface area contributed by atoms with E-state index < -0.39 is 0 Å². The lowest BCUT2D eigenvalue weighted by molar-refractivity contribution is -0.121. The van der Waals surface area contributed by atoms with Crippen LogP contribution >= 0.6 is 0 Å². The lowest BCUT2D eigenvalue weighted by Crippen LogP contribution is -2.32. The molecule has 1 aromatic rings. The Morgan fingerprint density at radius 3 is 2.47 bits per heavy atom. The van der Waals surface area contributed by atoms with Gasteiger partial charge in [-0.3, -0.25) is 4.79 Å². The molecule has 104 valence electrons. The first kappa shape index (κ1) is 13.9. The Labute approximate surface area is 114 Å². The van der Waals surface area contributed by atoms with Gasteiger partial charge in [-0.05, 0) is 57.0 Å². The second kappa shape index (κ2) is 5.21. The number of nitrogens with one attached hydrogen (secondary N) is 2. The quantitative estimate of drug-likeness (QED) is 0.855. The number of benzene rings is 1. The third-order valence-corrected chi connectivity index (χ3v) is 3.91. The van der Waals surface area contributed by atoms with E-state index in [0.717, 1.165) is 42.0 Å². The highest BCUT2D eigenvalue weighted by atomic mass is 16.5. The van der Waals surface area contributed by atoms with Crippen LogP contribution in [0.25, 0.3) is 0 Å². The molecular formula is C15H22N2O2. The predicted molar refractivity (Wildman–Crippen MR) is 76.7 cm³/mol. The topological polar surface area (TPSA) is 50.4 Å². The molecule has 19 heavy (non-hydrogen) atoms. The van der Waals surface area contributed by atoms with E-state index in [1.54, 1.807) is 7.11 Å². The van der Waals surface area contributed by atoms with Gasteiger partial charge in [-0.15, -0.1) is 0 Å². The monoisotopic (exact) mass is 262 g/mol. The zero-order valence-corrected chi connectivity index (χ0v) is 12.1. The molecule has 0 bridgehead atoms. The van der Waals surface area contributed by atoms with E-state index in [9.17, 15) is 4.79 Å². The number of aryl methyl sites for hydroxylation is 2. The van der Waals surface area contributed by atoms with Gasteiger partial charge < -0.3 is 15.4 Å². The van der Waals surface area contributed by atoms with Crippen molar-refractivity contribution in [2.24, 2.45) is 5.41 Å². The van der Waals surface area contributed by atoms with Crippen LogP contribution in [0.5, 0.6) is 5.75 Å². The van der Waals surface area contributed by atoms with Crippen molar-refractivity contribution < 1.29 is 9.53 Å². The van der Waals surface area contributed by atoms with E-state index in [1.807, 2.05) is 33.0 Å². The van der Waals surface area contributed by atoms with Gasteiger partial charge in [-0.1, -0.05) is 0 Å². The van der Waals surface area contributed by atoms with Crippen LogP contribution in [0.4, 0.5) is 5.69 Å². The Hall–Kier alpha value is -1.55. The number of methoxy groups -OCH3 is 1. The second-order valence-electron chi connectivity index (χ2n) is 5.40. The molecular weight excluding hydrogens is 240 g/mol. The summed E-state index contributed by atoms with van der Waals surface area (Å²) >= 11 is 0. The average molecular weight is 262 g/mol. The van der Waals surface area contributed by atoms with E-state index in [1.165, 1.54) is 0 Å². The molecule has 4 heteroatoms. The molecule has 0 unspecified atom stereocenters. The number of hydrogen-bond donors (Lipinski definition) is 2. The molecule has 0 saturated heterocycles. The molecule has 0 radical (unpaired) electrons. The Balaban J connectivity index is 2.19. The summed E-state index contributed by atoms with van der Waals surface area (Å²) in [6.07, 6.45) is 1.90. The van der Waals surface area contributed by atoms with Gasteiger partial charge in [0.1, 0.15) is 5.75 Å². The molecule has 1 aliphatic carbocycles. The zero-order chi connectivity index (χ0) is 14.0. The molecule has 1 fully saturated rings. The second-order valence-corrected chi connectivity index (χ2v) is 5.40. The summed E-state index contributed by atoms with van der Waals surface area (Å²) in [6, 6.07) is 3.93. The smallest absolute Gasteiger partial charge is 0.231 e. The Kier molecular flexibility index (Phi) is 3.80. The molecule has 1 amide bonds. The third kappa shape index (κ3) is 2.73. The van der Waals surface area contributed by atoms with Crippen molar-refractivity contribution in [3.63, 3.8) is 0 Å². The molecule has 4 nitrogen and oxygen atoms in total. The van der Waals surface area contributed by atoms with E-state index >= 15 is 0 Å². The van der Waals surface area contributed by atoms with Crippen LogP contribution in [0.2, 0.25) is 0 Å². The fourth-order valence-corrected chi connectivity index (χ4v) is 2.28. The molecule has 2 N–H and O–H groups in total. The maximum Gasteiger partial charge on any atom is 0.231 e. The average Bonchev–Trinajstić information content (AvgIpc) is 3.15. The van der Waals surface area contributed by atoms with Crippen molar-refractivity contribution in [1.29, 1.82) is 0 Å². The van der Waals surface area contributed by atoms with Gasteiger partial charge in [0, 0.05) is 6.54 Å². The van der Waals surface area contributed by atoms with Crippen LogP contribution in [0.1, 0.15) is 24.0 Å². The van der Waals surface area contributed by atoms with Gasteiger partial charge in [0.2, 0.25) is 5.91 Å². The van der Waals surface area contributed by atoms with Crippen LogP contribution in [0.15, 0.2) is 12.1 Å². The van der Waals surface area contributed by atoms with Crippen LogP contribution < -0.4 is 15.4 Å². The van der Waals surface area contributed by atoms with Crippen molar-refractivity contribution in [3.8, 4) is 5.75 Å². The molecule has 1 saturated carbocycles. The minimum absolute atomic E-state index is 0.0865. The maximum absolute atomic E-state index is 12.3. The number of amides is 1. The summed E-state index contributed by atoms with van der Waals surface area (Å²) in [4.78, 5) is 12.3. The van der Waals surface area contributed by atoms with Gasteiger partial charge in [0.05, 0.1) is 18.2 Å². The highest BCUT2D eigenvalue weighted by molar-refractivity contribution is 5.98. The summed E-state index contributed by atoms with van der Waals surface area (Å²) in [5.74, 6) is 0.806. The number of carbonyl (C=O) groups excluding carboxylic acids is 1. The van der Waals surface area contributed by atoms with Gasteiger partial charge in [0.25, 0.3) is 0 Å². The van der Waals surface area contributed by atoms with Crippen LogP contribution in [0, 0.1) is 19.3 Å². The summed E-state index contributed by atoms with van der Waals surface area (Å²) in [5, 5.41) is 6.11. The van der Waals surface area contributed by atoms with E-state index in [4.69, 9.17) is 4.74 Å². The standard InChI is InChI=1S/C15H22N2O2/c1-10-7-12(13(19-4)8-11(10)2)17-14(18)15(5-6-15)9-16-3/h7-8,16H,5-6,9H2,1-4H3,(H,17,18). The Morgan fingerprint density at radius 1 is 1.32 bits per heavy atom. The number of hydrogen-bond acceptors (Lipinski definition) is 3. The number of rotatable bonds is 5. The van der Waals surface area contributed by atoms with E-state index in [0.29, 0.717) is 0 Å². The minimum Gasteiger partial charge on any atom is -0.495 e. The molecule has 0 atom stereocenters. The van der Waals surface area contributed by atoms with Crippen molar-refractivity contribution in [2.45, 2.75) is 26.7 Å². The fourth-order valence-electron chi connectivity index (χ4n) is 2.28. The summed E-state index contributed by atoms with van der Waals surface area (Å²) in [5.41, 5.74) is 2.84. The molecule has 0 spiro atoms. The first-order valence-corrected chi connectivity index (χ1v) is 6.64. The van der Waals surface area contributed by atoms with Crippen LogP contribution in [0.3, 0.4) is 0 Å². The number of ether oxygens (including phenoxy) is 1. The van der Waals surface area contributed by atoms with Gasteiger partial charge in [-0.2, -0.15) is 0 Å². The molecule has 1 aromatic carbocycles. The predicted octanol–water partition coefficient (Wildman–Crippen LogP) is 2.25. The van der Waals surface area contributed by atoms with Crippen molar-refractivity contribution in [2.75, 3.05) is 26.0 Å². The Bertz CT molecular complexity index is 493. The lowest BCUT2D eigenvalue weighted by atomic mass is 10.0. The highest BCUT2D eigenvalue weighted by Gasteiger charge is 2.49. The normalized spacial score (nSPS) is 16.0. The molecule has 2 rings (SSSR count). The van der Waals surface area contributed by atoms with Gasteiger partial charge in [0.15, 0.2) is 0 Å². The SMILES string of the molecule is CNCC1(C(=O)Nc2cc(C)c(C)cc2OC)CC1. The molecule has 0 heterocycles. The zero-order valence-electron chi connectivity index (χ0n) is 12.1. The fraction of sp³-hybridized carbons (Fsp3) is 0.533. The first-order chi connectivity index (χ1) is 9.02. The lowest BCUT2D eigenvalue weighted by Gasteiger charge is -2.17. The van der Waals surface area contributed by atoms with Crippen molar-refractivity contribution in [1.82, 2.24) is 5.32 Å². The maximum atomic E-state index is 12.3. The van der Waals surface area contributed by atoms with Crippen LogP contribution in [-0.2, 0) is 4.79 Å². The van der Waals surface area contributed by atoms with Gasteiger partial charge >= 0.3 is 0 Å². The van der Waals surface area contributed by atoms with Crippen molar-refractivity contribution in [3.05, 3.63) is 23.3 Å². The Morgan fingerprint density at radius 2 is 1.95 bits per heavy atom. The van der Waals surface area contributed by atoms with Crippen LogP contribution in [-0.4, -0.2) is 26.6 Å². The number of anilines is 1. The van der Waals surface area contributed by atoms with Crippen molar-refractivity contribution >= 4 is 11.6 Å². The summed E-state index contributed by atoms with van der Waals surface area (Å²) in [7, 11) is 3.50. The minimum atomic E-state index is -0.224. The molecule has 1 aliphatic rings. The first-order valence-electron chi connectivity index (χ1n) is 6.64. The highest BCUT2D eigenvalue weighted by Crippen LogP contribution is 2.46. The largest absolute Gasteiger partial charge is 0.495 e. The van der Waals surface area contributed by atoms with E-state index in [2.05, 4.69) is 10.6 Å². The summed E-state index contributed by atoms with van der Waals surface area (Å²) < 4.78 is 5.34. The summed E-state index contributed by atoms with van der Waals surface area (Å²) in [6.45, 7) is 4.80. The van der Waals surface area contributed by atoms with E-state index in [-0.39, 0.29) is 11.3 Å². The molecule has 0 aromatic heterocycles. The molecule has 0 aliphatic heterocycles. The third-order valence-electron chi connectivity index (χ3n) is 3.91. The number of carbonyl (C=O) groups is 1. The van der Waals surface area contributed by atoms with Gasteiger partial charge in [-0.25, -0.2) is 0 Å².